The lowest BCUT2D eigenvalue weighted by molar-refractivity contribution is -0.134. The fourth-order valence-electron chi connectivity index (χ4n) is 1.97. The van der Waals surface area contributed by atoms with Gasteiger partial charge < -0.3 is 9.47 Å². The summed E-state index contributed by atoms with van der Waals surface area (Å²) >= 11 is 0. The average Bonchev–Trinajstić information content (AvgIpc) is 2.39. The molecule has 0 amide bonds. The Morgan fingerprint density at radius 3 is 2.05 bits per heavy atom. The molecule has 2 aromatic rings. The van der Waals surface area contributed by atoms with Crippen LogP contribution in [0.25, 0.3) is 10.8 Å². The molecule has 0 unspecified atom stereocenters. The summed E-state index contributed by atoms with van der Waals surface area (Å²) in [5.74, 6) is -1.57. The molecular weight excluding hydrogens is 332 g/mol. The van der Waals surface area contributed by atoms with Crippen molar-refractivity contribution >= 4 is 42.4 Å². The van der Waals surface area contributed by atoms with Gasteiger partial charge in [0.2, 0.25) is 0 Å². The maximum atomic E-state index is 11.7. The lowest BCUT2D eigenvalue weighted by atomic mass is 10.1. The summed E-state index contributed by atoms with van der Waals surface area (Å²) in [5, 5.41) is 0.542. The summed E-state index contributed by atoms with van der Waals surface area (Å²) in [6, 6.07) is 7.33. The molecule has 2 aromatic carbocycles. The van der Waals surface area contributed by atoms with Crippen LogP contribution in [0.3, 0.4) is 0 Å². The molecule has 8 heteroatoms. The highest BCUT2D eigenvalue weighted by Gasteiger charge is 2.23. The van der Waals surface area contributed by atoms with E-state index in [-0.39, 0.29) is 27.2 Å². The Kier molecular flexibility index (Phi) is 4.39. The van der Waals surface area contributed by atoms with E-state index in [4.69, 9.17) is 20.2 Å². The Balaban J connectivity index is 2.90. The van der Waals surface area contributed by atoms with E-state index in [1.165, 1.54) is 19.1 Å². The van der Waals surface area contributed by atoms with Crippen LogP contribution >= 0.6 is 10.7 Å². The summed E-state index contributed by atoms with van der Waals surface area (Å²) in [5.41, 5.74) is 0. The van der Waals surface area contributed by atoms with Crippen LogP contribution in [-0.2, 0) is 18.6 Å². The monoisotopic (exact) mass is 342 g/mol. The van der Waals surface area contributed by atoms with Gasteiger partial charge >= 0.3 is 11.9 Å². The number of ether oxygens (including phenoxy) is 2. The summed E-state index contributed by atoms with van der Waals surface area (Å²) in [7, 11) is 1.34. The fourth-order valence-corrected chi connectivity index (χ4v) is 3.04. The van der Waals surface area contributed by atoms with Crippen LogP contribution in [0, 0.1) is 0 Å². The highest BCUT2D eigenvalue weighted by molar-refractivity contribution is 8.14. The molecule has 116 valence electrons. The first-order chi connectivity index (χ1) is 10.2. The van der Waals surface area contributed by atoms with Crippen molar-refractivity contribution in [1.29, 1.82) is 0 Å². The fraction of sp³-hybridized carbons (Fsp3) is 0.143. The zero-order valence-corrected chi connectivity index (χ0v) is 13.2. The third-order valence-electron chi connectivity index (χ3n) is 2.69. The molecule has 0 fully saturated rings. The molecule has 2 rings (SSSR count). The molecule has 0 aliphatic rings. The summed E-state index contributed by atoms with van der Waals surface area (Å²) in [4.78, 5) is 22.2. The molecule has 0 N–H and O–H groups in total. The zero-order chi connectivity index (χ0) is 16.5. The van der Waals surface area contributed by atoms with Gasteiger partial charge in [0.25, 0.3) is 9.05 Å². The second-order valence-electron chi connectivity index (χ2n) is 4.37. The number of halogens is 1. The predicted molar refractivity (Wildman–Crippen MR) is 79.6 cm³/mol. The van der Waals surface area contributed by atoms with E-state index in [0.29, 0.717) is 0 Å². The molecule has 0 saturated heterocycles. The molecule has 0 bridgehead atoms. The minimum atomic E-state index is -4.09. The Bertz CT molecular complexity index is 872. The van der Waals surface area contributed by atoms with Gasteiger partial charge in [-0.2, -0.15) is 0 Å². The van der Waals surface area contributed by atoms with Gasteiger partial charge in [0.15, 0.2) is 11.5 Å². The van der Waals surface area contributed by atoms with E-state index in [1.807, 2.05) is 0 Å². The molecular formula is C14H11ClO6S. The largest absolute Gasteiger partial charge is 0.423 e. The first-order valence-corrected chi connectivity index (χ1v) is 8.38. The van der Waals surface area contributed by atoms with Crippen molar-refractivity contribution in [3.05, 3.63) is 30.3 Å². The second-order valence-corrected chi connectivity index (χ2v) is 6.91. The van der Waals surface area contributed by atoms with Gasteiger partial charge in [-0.15, -0.1) is 0 Å². The van der Waals surface area contributed by atoms with Crippen LogP contribution in [0.5, 0.6) is 11.5 Å². The lowest BCUT2D eigenvalue weighted by Gasteiger charge is -2.14. The zero-order valence-electron chi connectivity index (χ0n) is 11.6. The van der Waals surface area contributed by atoms with E-state index in [0.717, 1.165) is 13.0 Å². The van der Waals surface area contributed by atoms with Crippen LogP contribution in [0.15, 0.2) is 35.2 Å². The van der Waals surface area contributed by atoms with E-state index in [2.05, 4.69) is 0 Å². The molecule has 0 saturated carbocycles. The van der Waals surface area contributed by atoms with E-state index in [1.54, 1.807) is 12.1 Å². The number of rotatable bonds is 3. The normalized spacial score (nSPS) is 11.2. The van der Waals surface area contributed by atoms with Crippen molar-refractivity contribution in [3.8, 4) is 11.5 Å². The summed E-state index contributed by atoms with van der Waals surface area (Å²) in [6.07, 6.45) is 0. The maximum Gasteiger partial charge on any atom is 0.308 e. The first-order valence-electron chi connectivity index (χ1n) is 6.07. The smallest absolute Gasteiger partial charge is 0.308 e. The van der Waals surface area contributed by atoms with Crippen LogP contribution in [0.4, 0.5) is 0 Å². The highest BCUT2D eigenvalue weighted by Crippen LogP contribution is 2.40. The van der Waals surface area contributed by atoms with Gasteiger partial charge in [-0.25, -0.2) is 8.42 Å². The van der Waals surface area contributed by atoms with E-state index in [9.17, 15) is 18.0 Å². The van der Waals surface area contributed by atoms with Crippen LogP contribution < -0.4 is 9.47 Å². The number of fused-ring (bicyclic) bond motifs is 1. The molecule has 0 radical (unpaired) electrons. The third-order valence-corrected chi connectivity index (χ3v) is 4.05. The van der Waals surface area contributed by atoms with Crippen LogP contribution in [-0.4, -0.2) is 20.4 Å². The minimum absolute atomic E-state index is 0.0395. The number of esters is 2. The van der Waals surface area contributed by atoms with Crippen molar-refractivity contribution in [2.24, 2.45) is 0 Å². The molecule has 0 heterocycles. The molecule has 0 spiro atoms. The number of carbonyl (C=O) groups is 2. The second kappa shape index (κ2) is 5.94. The van der Waals surface area contributed by atoms with Gasteiger partial charge in [-0.3, -0.25) is 9.59 Å². The van der Waals surface area contributed by atoms with Crippen molar-refractivity contribution in [1.82, 2.24) is 0 Å². The SMILES string of the molecule is CC(=O)Oc1cc(S(=O)(=O)Cl)c2ccccc2c1OC(C)=O. The summed E-state index contributed by atoms with van der Waals surface area (Å²) < 4.78 is 33.5. The molecule has 22 heavy (non-hydrogen) atoms. The van der Waals surface area contributed by atoms with Crippen molar-refractivity contribution in [2.45, 2.75) is 18.7 Å². The van der Waals surface area contributed by atoms with Crippen molar-refractivity contribution < 1.29 is 27.5 Å². The van der Waals surface area contributed by atoms with Crippen LogP contribution in [0.2, 0.25) is 0 Å². The molecule has 0 aliphatic carbocycles. The minimum Gasteiger partial charge on any atom is -0.423 e. The van der Waals surface area contributed by atoms with E-state index >= 15 is 0 Å². The number of carbonyl (C=O) groups excluding carboxylic acids is 2. The number of benzene rings is 2. The first kappa shape index (κ1) is 16.3. The van der Waals surface area contributed by atoms with Gasteiger partial charge in [0, 0.05) is 41.4 Å². The highest BCUT2D eigenvalue weighted by atomic mass is 35.7. The molecule has 0 aliphatic heterocycles. The Morgan fingerprint density at radius 2 is 1.55 bits per heavy atom. The van der Waals surface area contributed by atoms with Gasteiger partial charge in [-0.05, 0) is 0 Å². The van der Waals surface area contributed by atoms with E-state index < -0.39 is 21.0 Å². The quantitative estimate of drug-likeness (QED) is 0.484. The molecule has 0 aromatic heterocycles. The number of hydrogen-bond donors (Lipinski definition) is 0. The third kappa shape index (κ3) is 3.37. The van der Waals surface area contributed by atoms with Crippen molar-refractivity contribution in [3.63, 3.8) is 0 Å². The lowest BCUT2D eigenvalue weighted by Crippen LogP contribution is -2.09. The molecule has 0 atom stereocenters. The summed E-state index contributed by atoms with van der Waals surface area (Å²) in [6.45, 7) is 2.32. The van der Waals surface area contributed by atoms with Crippen molar-refractivity contribution in [2.75, 3.05) is 0 Å². The Hall–Kier alpha value is -2.12. The maximum absolute atomic E-state index is 11.7. The van der Waals surface area contributed by atoms with Crippen LogP contribution in [0.1, 0.15) is 13.8 Å². The van der Waals surface area contributed by atoms with Gasteiger partial charge in [-0.1, -0.05) is 24.3 Å². The number of hydrogen-bond acceptors (Lipinski definition) is 6. The molecule has 6 nitrogen and oxygen atoms in total. The topological polar surface area (TPSA) is 86.7 Å². The average molecular weight is 343 g/mol. The van der Waals surface area contributed by atoms with Gasteiger partial charge in [0.1, 0.15) is 0 Å². The van der Waals surface area contributed by atoms with Gasteiger partial charge in [0.05, 0.1) is 4.90 Å². The Labute approximate surface area is 131 Å². The Morgan fingerprint density at radius 1 is 1.00 bits per heavy atom. The standard InChI is InChI=1S/C14H11ClO6S/c1-8(16)20-12-7-13(22(15,18)19)10-5-3-4-6-11(10)14(12)21-9(2)17/h3-7H,1-2H3. The predicted octanol–water partition coefficient (Wildman–Crippen LogP) is 2.62.